The van der Waals surface area contributed by atoms with Crippen LogP contribution in [0.15, 0.2) is 0 Å². The zero-order valence-corrected chi connectivity index (χ0v) is 7.57. The van der Waals surface area contributed by atoms with E-state index in [-0.39, 0.29) is 9.65 Å². The van der Waals surface area contributed by atoms with E-state index in [2.05, 4.69) is 32.1 Å². The molecule has 2 heteroatoms. The van der Waals surface area contributed by atoms with E-state index in [0.717, 1.165) is 0 Å². The fourth-order valence-corrected chi connectivity index (χ4v) is 0. The minimum atomic E-state index is -0.176. The summed E-state index contributed by atoms with van der Waals surface area (Å²) in [6.45, 7) is 4.70. The minimum Gasteiger partial charge on any atom is -0.230 e. The first kappa shape index (κ1) is 7.78. The molecule has 0 saturated carbocycles. The molecule has 0 fully saturated rings. The Balaban J connectivity index is 3.54. The van der Waals surface area contributed by atoms with Gasteiger partial charge in [-0.05, 0) is 32.1 Å². The third-order valence-electron chi connectivity index (χ3n) is 1.10. The maximum atomic E-state index is 2.37. The molecular formula is C5H15PS. The molecule has 0 atom stereocenters. The molecule has 0 saturated heterocycles. The molecule has 0 N–H and O–H groups in total. The van der Waals surface area contributed by atoms with Crippen molar-refractivity contribution in [1.82, 2.24) is 0 Å². The van der Waals surface area contributed by atoms with Crippen molar-refractivity contribution in [2.24, 2.45) is 0 Å². The van der Waals surface area contributed by atoms with Gasteiger partial charge in [-0.1, -0.05) is 7.12 Å². The molecule has 0 rings (SSSR count). The van der Waals surface area contributed by atoms with Crippen LogP contribution in [-0.4, -0.2) is 32.1 Å². The van der Waals surface area contributed by atoms with Gasteiger partial charge in [0.15, 0.2) is 0 Å². The van der Waals surface area contributed by atoms with Crippen LogP contribution in [-0.2, 0) is 0 Å². The summed E-state index contributed by atoms with van der Waals surface area (Å²) in [5, 5.41) is 0. The van der Waals surface area contributed by atoms with Crippen molar-refractivity contribution < 1.29 is 0 Å². The van der Waals surface area contributed by atoms with Gasteiger partial charge in [-0.15, -0.1) is 0 Å². The topological polar surface area (TPSA) is 0 Å². The zero-order chi connectivity index (χ0) is 6.08. The van der Waals surface area contributed by atoms with Crippen LogP contribution in [0.3, 0.4) is 0 Å². The molecule has 0 aliphatic carbocycles. The van der Waals surface area contributed by atoms with Crippen LogP contribution < -0.4 is 0 Å². The SMILES string of the molecule is CP(C)S(C)(C)C. The molecule has 0 radical (unpaired) electrons. The molecule has 7 heavy (non-hydrogen) atoms. The summed E-state index contributed by atoms with van der Waals surface area (Å²) < 4.78 is 0. The highest BCUT2D eigenvalue weighted by Gasteiger charge is 2.06. The van der Waals surface area contributed by atoms with Gasteiger partial charge in [0.25, 0.3) is 0 Å². The normalized spacial score (nSPS) is 15.1. The van der Waals surface area contributed by atoms with E-state index < -0.39 is 0 Å². The summed E-state index contributed by atoms with van der Waals surface area (Å²) in [4.78, 5) is 0. The number of rotatable bonds is 1. The van der Waals surface area contributed by atoms with Crippen molar-refractivity contribution in [3.05, 3.63) is 0 Å². The van der Waals surface area contributed by atoms with Crippen molar-refractivity contribution in [3.8, 4) is 0 Å². The van der Waals surface area contributed by atoms with Crippen LogP contribution in [0.5, 0.6) is 0 Å². The van der Waals surface area contributed by atoms with Gasteiger partial charge in [0.1, 0.15) is 0 Å². The molecule has 46 valence electrons. The monoisotopic (exact) mass is 138 g/mol. The van der Waals surface area contributed by atoms with Crippen molar-refractivity contribution in [3.63, 3.8) is 0 Å². The van der Waals surface area contributed by atoms with Gasteiger partial charge in [0.2, 0.25) is 0 Å². The van der Waals surface area contributed by atoms with Crippen molar-refractivity contribution in [2.45, 2.75) is 0 Å². The summed E-state index contributed by atoms with van der Waals surface area (Å²) in [6, 6.07) is 0. The highest BCUT2D eigenvalue weighted by Crippen LogP contribution is 2.64. The highest BCUT2D eigenvalue weighted by atomic mass is 32.8. The Labute approximate surface area is 49.5 Å². The van der Waals surface area contributed by atoms with E-state index in [1.54, 1.807) is 0 Å². The van der Waals surface area contributed by atoms with Crippen molar-refractivity contribution >= 4 is 16.8 Å². The van der Waals surface area contributed by atoms with Gasteiger partial charge in [-0.2, -0.15) is 0 Å². The average molecular weight is 138 g/mol. The summed E-state index contributed by atoms with van der Waals surface area (Å²) in [7, 11) is 0.166. The Morgan fingerprint density at radius 2 is 1.14 bits per heavy atom. The van der Waals surface area contributed by atoms with E-state index in [4.69, 9.17) is 0 Å². The molecule has 0 aliphatic rings. The second-order valence-corrected chi connectivity index (χ2v) is 13.2. The Bertz CT molecular complexity index is 53.6. The minimum absolute atomic E-state index is 0.176. The fraction of sp³-hybridized carbons (Fsp3) is 1.00. The average Bonchev–Trinajstić information content (AvgIpc) is 1.31. The third-order valence-corrected chi connectivity index (χ3v) is 9.86. The molecule has 0 amide bonds. The van der Waals surface area contributed by atoms with E-state index in [1.165, 1.54) is 0 Å². The van der Waals surface area contributed by atoms with E-state index in [0.29, 0.717) is 7.12 Å². The first-order valence-electron chi connectivity index (χ1n) is 2.30. The number of hydrogen-bond donors (Lipinski definition) is 0. The molecule has 0 nitrogen and oxygen atoms in total. The van der Waals surface area contributed by atoms with Gasteiger partial charge < -0.3 is 0 Å². The second-order valence-electron chi connectivity index (χ2n) is 2.58. The van der Waals surface area contributed by atoms with Gasteiger partial charge in [0, 0.05) is 0 Å². The van der Waals surface area contributed by atoms with E-state index in [1.807, 2.05) is 0 Å². The Hall–Kier alpha value is 0.780. The predicted octanol–water partition coefficient (Wildman–Crippen LogP) is 2.34. The molecular weight excluding hydrogens is 123 g/mol. The van der Waals surface area contributed by atoms with Crippen LogP contribution in [0.25, 0.3) is 0 Å². The maximum absolute atomic E-state index is 2.37. The van der Waals surface area contributed by atoms with Gasteiger partial charge in [-0.25, -0.2) is 9.65 Å². The predicted molar refractivity (Wildman–Crippen MR) is 44.1 cm³/mol. The lowest BCUT2D eigenvalue weighted by atomic mass is 11.9. The molecule has 0 aromatic heterocycles. The van der Waals surface area contributed by atoms with Crippen molar-refractivity contribution in [2.75, 3.05) is 32.1 Å². The molecule has 0 aromatic carbocycles. The molecule has 0 aromatic rings. The summed E-state index contributed by atoms with van der Waals surface area (Å²) >= 11 is 0. The largest absolute Gasteiger partial charge is 0.230 e. The van der Waals surface area contributed by atoms with Gasteiger partial charge in [0.05, 0.1) is 0 Å². The molecule has 0 spiro atoms. The Morgan fingerprint density at radius 3 is 1.14 bits per heavy atom. The van der Waals surface area contributed by atoms with E-state index >= 15 is 0 Å². The standard InChI is InChI=1S/C5H15PS/c1-6(2)7(3,4)5/h1-5H3. The third kappa shape index (κ3) is 3.37. The lowest BCUT2D eigenvalue weighted by Gasteiger charge is -2.30. The summed E-state index contributed by atoms with van der Waals surface area (Å²) in [5.74, 6) is 0. The Kier molecular flexibility index (Phi) is 2.63. The fourth-order valence-electron chi connectivity index (χ4n) is 0. The summed E-state index contributed by atoms with van der Waals surface area (Å²) in [5.41, 5.74) is 0. The maximum Gasteiger partial charge on any atom is -0.0315 e. The van der Waals surface area contributed by atoms with Crippen molar-refractivity contribution in [1.29, 1.82) is 0 Å². The van der Waals surface area contributed by atoms with E-state index in [9.17, 15) is 0 Å². The smallest absolute Gasteiger partial charge is 0.0315 e. The summed E-state index contributed by atoms with van der Waals surface area (Å²) in [6.07, 6.45) is 7.12. The highest BCUT2D eigenvalue weighted by molar-refractivity contribution is 8.76. The lowest BCUT2D eigenvalue weighted by Crippen LogP contribution is -1.85. The van der Waals surface area contributed by atoms with Crippen LogP contribution in [0.4, 0.5) is 0 Å². The first-order chi connectivity index (χ1) is 2.94. The van der Waals surface area contributed by atoms with Gasteiger partial charge >= 0.3 is 0 Å². The molecule has 0 aliphatic heterocycles. The zero-order valence-electron chi connectivity index (χ0n) is 5.86. The molecule has 0 heterocycles. The second kappa shape index (κ2) is 2.37. The molecule has 0 bridgehead atoms. The van der Waals surface area contributed by atoms with Crippen LogP contribution in [0, 0.1) is 0 Å². The van der Waals surface area contributed by atoms with Crippen LogP contribution in [0.1, 0.15) is 0 Å². The van der Waals surface area contributed by atoms with Crippen LogP contribution in [0.2, 0.25) is 0 Å². The van der Waals surface area contributed by atoms with Gasteiger partial charge in [-0.3, -0.25) is 0 Å². The Morgan fingerprint density at radius 1 is 1.00 bits per heavy atom. The first-order valence-corrected chi connectivity index (χ1v) is 8.00. The quantitative estimate of drug-likeness (QED) is 0.488. The molecule has 0 unspecified atom stereocenters. The van der Waals surface area contributed by atoms with Crippen LogP contribution >= 0.6 is 16.8 Å². The lowest BCUT2D eigenvalue weighted by molar-refractivity contribution is 2.13. The number of hydrogen-bond acceptors (Lipinski definition) is 0.